The molecule has 2 rings (SSSR count). The lowest BCUT2D eigenvalue weighted by Gasteiger charge is -2.13. The van der Waals surface area contributed by atoms with Crippen molar-refractivity contribution in [2.45, 2.75) is 42.1 Å². The molecule has 0 aliphatic heterocycles. The van der Waals surface area contributed by atoms with Gasteiger partial charge in [-0.25, -0.2) is 18.1 Å². The Morgan fingerprint density at radius 3 is 2.36 bits per heavy atom. The Hall–Kier alpha value is -1.84. The lowest BCUT2D eigenvalue weighted by molar-refractivity contribution is -0.115. The monoisotopic (exact) mass is 382 g/mol. The number of imidazole rings is 1. The molecule has 1 aromatic carbocycles. The Morgan fingerprint density at radius 1 is 1.20 bits per heavy atom. The number of carbonyl (C=O) groups is 1. The number of carbonyl (C=O) groups excluding carboxylic acids is 1. The maximum atomic E-state index is 12.3. The van der Waals surface area contributed by atoms with Gasteiger partial charge in [-0.3, -0.25) is 4.79 Å². The zero-order valence-electron chi connectivity index (χ0n) is 14.6. The van der Waals surface area contributed by atoms with E-state index in [2.05, 4.69) is 15.0 Å². The van der Waals surface area contributed by atoms with Crippen LogP contribution >= 0.6 is 11.8 Å². The van der Waals surface area contributed by atoms with Gasteiger partial charge in [-0.05, 0) is 45.0 Å². The van der Waals surface area contributed by atoms with Crippen molar-refractivity contribution in [2.75, 3.05) is 5.32 Å². The van der Waals surface area contributed by atoms with Crippen molar-refractivity contribution in [3.05, 3.63) is 36.7 Å². The largest absolute Gasteiger partial charge is 0.329 e. The van der Waals surface area contributed by atoms with Crippen LogP contribution in [-0.2, 0) is 21.9 Å². The van der Waals surface area contributed by atoms with Gasteiger partial charge in [0, 0.05) is 31.2 Å². The summed E-state index contributed by atoms with van der Waals surface area (Å²) in [6.07, 6.45) is 3.49. The third kappa shape index (κ3) is 5.32. The number of aryl methyl sites for hydroxylation is 1. The van der Waals surface area contributed by atoms with Gasteiger partial charge in [-0.1, -0.05) is 11.8 Å². The third-order valence-electron chi connectivity index (χ3n) is 3.25. The van der Waals surface area contributed by atoms with E-state index in [4.69, 9.17) is 0 Å². The molecule has 1 aromatic heterocycles. The Labute approximate surface area is 152 Å². The molecule has 0 saturated carbocycles. The summed E-state index contributed by atoms with van der Waals surface area (Å²) in [7, 11) is -1.67. The number of anilines is 1. The molecule has 0 aliphatic rings. The Balaban J connectivity index is 2.01. The van der Waals surface area contributed by atoms with Gasteiger partial charge in [-0.15, -0.1) is 0 Å². The summed E-state index contributed by atoms with van der Waals surface area (Å²) in [5.74, 6) is -0.177. The van der Waals surface area contributed by atoms with Crippen LogP contribution in [0.4, 0.5) is 5.69 Å². The molecule has 2 aromatic rings. The van der Waals surface area contributed by atoms with E-state index in [-0.39, 0.29) is 22.1 Å². The molecule has 136 valence electrons. The number of nitrogens with zero attached hydrogens (tertiary/aromatic N) is 2. The fourth-order valence-corrected chi connectivity index (χ4v) is 4.10. The first kappa shape index (κ1) is 19.5. The molecule has 0 bridgehead atoms. The van der Waals surface area contributed by atoms with Gasteiger partial charge < -0.3 is 9.88 Å². The fourth-order valence-electron chi connectivity index (χ4n) is 2.02. The van der Waals surface area contributed by atoms with E-state index in [1.165, 1.54) is 23.9 Å². The molecular weight excluding hydrogens is 360 g/mol. The summed E-state index contributed by atoms with van der Waals surface area (Å²) in [6, 6.07) is 5.90. The Bertz CT molecular complexity index is 829. The lowest BCUT2D eigenvalue weighted by Crippen LogP contribution is -2.30. The van der Waals surface area contributed by atoms with E-state index in [0.29, 0.717) is 5.69 Å². The molecule has 1 atom stereocenters. The maximum absolute atomic E-state index is 12.3. The van der Waals surface area contributed by atoms with Crippen molar-refractivity contribution in [3.8, 4) is 0 Å². The first-order chi connectivity index (χ1) is 11.7. The van der Waals surface area contributed by atoms with Crippen molar-refractivity contribution in [3.63, 3.8) is 0 Å². The molecule has 1 heterocycles. The van der Waals surface area contributed by atoms with Crippen LogP contribution in [0.25, 0.3) is 0 Å². The van der Waals surface area contributed by atoms with E-state index in [0.717, 1.165) is 5.16 Å². The first-order valence-electron chi connectivity index (χ1n) is 7.76. The van der Waals surface area contributed by atoms with Gasteiger partial charge in [0.2, 0.25) is 15.9 Å². The van der Waals surface area contributed by atoms with Crippen LogP contribution in [0.2, 0.25) is 0 Å². The van der Waals surface area contributed by atoms with E-state index in [1.54, 1.807) is 39.1 Å². The number of aromatic nitrogens is 2. The molecule has 2 N–H and O–H groups in total. The number of hydrogen-bond donors (Lipinski definition) is 2. The van der Waals surface area contributed by atoms with E-state index < -0.39 is 10.0 Å². The molecular formula is C16H22N4O3S2. The average Bonchev–Trinajstić information content (AvgIpc) is 2.91. The topological polar surface area (TPSA) is 93.1 Å². The zero-order valence-corrected chi connectivity index (χ0v) is 16.2. The second-order valence-electron chi connectivity index (χ2n) is 5.87. The van der Waals surface area contributed by atoms with Crippen molar-refractivity contribution in [1.29, 1.82) is 0 Å². The third-order valence-corrected chi connectivity index (χ3v) is 6.10. The number of thioether (sulfide) groups is 1. The molecule has 0 spiro atoms. The average molecular weight is 383 g/mol. The highest BCUT2D eigenvalue weighted by atomic mass is 32.2. The first-order valence-corrected chi connectivity index (χ1v) is 10.1. The summed E-state index contributed by atoms with van der Waals surface area (Å²) >= 11 is 1.35. The number of rotatable bonds is 7. The second-order valence-corrected chi connectivity index (χ2v) is 8.89. The number of nitrogens with one attached hydrogen (secondary N) is 2. The second kappa shape index (κ2) is 8.03. The van der Waals surface area contributed by atoms with Gasteiger partial charge in [0.1, 0.15) is 0 Å². The highest BCUT2D eigenvalue weighted by Crippen LogP contribution is 2.22. The molecule has 1 amide bonds. The molecule has 0 radical (unpaired) electrons. The zero-order chi connectivity index (χ0) is 18.6. The normalized spacial score (nSPS) is 13.0. The summed E-state index contributed by atoms with van der Waals surface area (Å²) in [6.45, 7) is 5.31. The standard InChI is InChI=1S/C16H22N4O3S2/c1-11(2)19-25(22,23)14-7-5-13(6-8-14)18-15(21)12(3)24-16-17-9-10-20(16)4/h5-12,19H,1-4H3,(H,18,21)/t12-/m1/s1. The molecule has 0 unspecified atom stereocenters. The number of sulfonamides is 1. The highest BCUT2D eigenvalue weighted by molar-refractivity contribution is 8.00. The molecule has 0 aliphatic carbocycles. The minimum atomic E-state index is -3.54. The summed E-state index contributed by atoms with van der Waals surface area (Å²) < 4.78 is 28.5. The summed E-state index contributed by atoms with van der Waals surface area (Å²) in [5, 5.41) is 3.19. The van der Waals surface area contributed by atoms with Gasteiger partial charge in [0.25, 0.3) is 0 Å². The van der Waals surface area contributed by atoms with Gasteiger partial charge in [-0.2, -0.15) is 0 Å². The van der Waals surface area contributed by atoms with E-state index in [9.17, 15) is 13.2 Å². The Kier molecular flexibility index (Phi) is 6.26. The van der Waals surface area contributed by atoms with Crippen molar-refractivity contribution in [1.82, 2.24) is 14.3 Å². The van der Waals surface area contributed by atoms with Crippen LogP contribution in [0.15, 0.2) is 46.7 Å². The highest BCUT2D eigenvalue weighted by Gasteiger charge is 2.18. The minimum absolute atomic E-state index is 0.162. The molecule has 7 nitrogen and oxygen atoms in total. The van der Waals surface area contributed by atoms with Crippen LogP contribution in [0.1, 0.15) is 20.8 Å². The molecule has 0 saturated heterocycles. The summed E-state index contributed by atoms with van der Waals surface area (Å²) in [5.41, 5.74) is 0.542. The van der Waals surface area contributed by atoms with Gasteiger partial charge in [0.05, 0.1) is 10.1 Å². The van der Waals surface area contributed by atoms with Crippen LogP contribution in [0.5, 0.6) is 0 Å². The van der Waals surface area contributed by atoms with Crippen molar-refractivity contribution < 1.29 is 13.2 Å². The number of benzene rings is 1. The maximum Gasteiger partial charge on any atom is 0.240 e. The predicted octanol–water partition coefficient (Wildman–Crippen LogP) is 2.23. The van der Waals surface area contributed by atoms with E-state index >= 15 is 0 Å². The van der Waals surface area contributed by atoms with Crippen LogP contribution < -0.4 is 10.0 Å². The fraction of sp³-hybridized carbons (Fsp3) is 0.375. The Morgan fingerprint density at radius 2 is 1.84 bits per heavy atom. The SMILES string of the molecule is CC(C)NS(=O)(=O)c1ccc(NC(=O)[C@@H](C)Sc2nccn2C)cc1. The predicted molar refractivity (Wildman–Crippen MR) is 99.1 cm³/mol. The summed E-state index contributed by atoms with van der Waals surface area (Å²) in [4.78, 5) is 16.6. The van der Waals surface area contributed by atoms with Crippen molar-refractivity contribution in [2.24, 2.45) is 7.05 Å². The number of amides is 1. The lowest BCUT2D eigenvalue weighted by atomic mass is 10.3. The molecule has 9 heteroatoms. The van der Waals surface area contributed by atoms with Crippen molar-refractivity contribution >= 4 is 33.4 Å². The quantitative estimate of drug-likeness (QED) is 0.716. The van der Waals surface area contributed by atoms with Gasteiger partial charge in [0.15, 0.2) is 5.16 Å². The minimum Gasteiger partial charge on any atom is -0.329 e. The van der Waals surface area contributed by atoms with Gasteiger partial charge >= 0.3 is 0 Å². The van der Waals surface area contributed by atoms with Crippen LogP contribution in [0.3, 0.4) is 0 Å². The smallest absolute Gasteiger partial charge is 0.240 e. The molecule has 0 fully saturated rings. The van der Waals surface area contributed by atoms with Crippen LogP contribution in [0, 0.1) is 0 Å². The van der Waals surface area contributed by atoms with Crippen LogP contribution in [-0.4, -0.2) is 35.2 Å². The number of hydrogen-bond acceptors (Lipinski definition) is 5. The van der Waals surface area contributed by atoms with E-state index in [1.807, 2.05) is 17.8 Å². The molecule has 25 heavy (non-hydrogen) atoms.